The van der Waals surface area contributed by atoms with E-state index in [9.17, 15) is 0 Å². The maximum absolute atomic E-state index is 6.09. The minimum Gasteiger partial charge on any atom is -0.396 e. The van der Waals surface area contributed by atoms with Crippen LogP contribution < -0.4 is 11.1 Å². The summed E-state index contributed by atoms with van der Waals surface area (Å²) in [6.45, 7) is 0.987. The Labute approximate surface area is 128 Å². The van der Waals surface area contributed by atoms with Crippen molar-refractivity contribution in [3.8, 4) is 0 Å². The Morgan fingerprint density at radius 3 is 2.90 bits per heavy atom. The molecule has 0 spiro atoms. The predicted octanol–water partition coefficient (Wildman–Crippen LogP) is 4.57. The van der Waals surface area contributed by atoms with Gasteiger partial charge < -0.3 is 11.1 Å². The van der Waals surface area contributed by atoms with Crippen LogP contribution in [0.2, 0.25) is 0 Å². The Kier molecular flexibility index (Phi) is 4.10. The highest BCUT2D eigenvalue weighted by atomic mass is 79.9. The summed E-state index contributed by atoms with van der Waals surface area (Å²) in [7, 11) is 0. The number of hydrogen-bond donors (Lipinski definition) is 2. The molecule has 1 aliphatic rings. The summed E-state index contributed by atoms with van der Waals surface area (Å²) >= 11 is 3.52. The molecular formula is C16H20BrN3. The van der Waals surface area contributed by atoms with Gasteiger partial charge in [0.25, 0.3) is 0 Å². The smallest absolute Gasteiger partial charge is 0.0743 e. The summed E-state index contributed by atoms with van der Waals surface area (Å²) in [5, 5.41) is 4.61. The zero-order chi connectivity index (χ0) is 13.9. The van der Waals surface area contributed by atoms with Gasteiger partial charge in [-0.25, -0.2) is 0 Å². The lowest BCUT2D eigenvalue weighted by Gasteiger charge is -2.14. The maximum Gasteiger partial charge on any atom is 0.0743 e. The van der Waals surface area contributed by atoms with E-state index in [4.69, 9.17) is 5.73 Å². The van der Waals surface area contributed by atoms with Gasteiger partial charge in [0.2, 0.25) is 0 Å². The summed E-state index contributed by atoms with van der Waals surface area (Å²) in [6, 6.07) is 6.10. The minimum absolute atomic E-state index is 0.724. The summed E-state index contributed by atoms with van der Waals surface area (Å²) in [5.74, 6) is 0.892. The normalized spacial score (nSPS) is 15.8. The van der Waals surface area contributed by atoms with Gasteiger partial charge in [-0.1, -0.05) is 41.6 Å². The van der Waals surface area contributed by atoms with Crippen LogP contribution in [-0.2, 0) is 0 Å². The molecule has 0 atom stereocenters. The number of benzene rings is 1. The predicted molar refractivity (Wildman–Crippen MR) is 88.9 cm³/mol. The first-order valence-electron chi connectivity index (χ1n) is 7.31. The fraction of sp³-hybridized carbons (Fsp3) is 0.438. The van der Waals surface area contributed by atoms with E-state index in [-0.39, 0.29) is 0 Å². The summed E-state index contributed by atoms with van der Waals surface area (Å²) in [4.78, 5) is 4.38. The van der Waals surface area contributed by atoms with E-state index < -0.39 is 0 Å². The van der Waals surface area contributed by atoms with Gasteiger partial charge >= 0.3 is 0 Å². The SMILES string of the molecule is Nc1cnc2ccc(Br)cc2c1NCCC1CCCC1. The average Bonchev–Trinajstić information content (AvgIpc) is 2.94. The maximum atomic E-state index is 6.09. The van der Waals surface area contributed by atoms with Crippen molar-refractivity contribution in [2.75, 3.05) is 17.6 Å². The zero-order valence-corrected chi connectivity index (χ0v) is 13.1. The molecule has 4 heteroatoms. The molecule has 1 saturated carbocycles. The molecule has 3 N–H and O–H groups in total. The number of nitrogens with two attached hydrogens (primary N) is 1. The zero-order valence-electron chi connectivity index (χ0n) is 11.5. The molecule has 2 aromatic rings. The number of halogens is 1. The summed E-state index contributed by atoms with van der Waals surface area (Å²) in [6.07, 6.45) is 8.56. The lowest BCUT2D eigenvalue weighted by atomic mass is 10.0. The number of anilines is 2. The molecule has 3 nitrogen and oxygen atoms in total. The molecule has 1 aromatic heterocycles. The number of hydrogen-bond acceptors (Lipinski definition) is 3. The van der Waals surface area contributed by atoms with E-state index >= 15 is 0 Å². The van der Waals surface area contributed by atoms with Gasteiger partial charge in [0.05, 0.1) is 23.1 Å². The number of pyridine rings is 1. The van der Waals surface area contributed by atoms with E-state index in [1.54, 1.807) is 6.20 Å². The van der Waals surface area contributed by atoms with Crippen LogP contribution in [0.1, 0.15) is 32.1 Å². The van der Waals surface area contributed by atoms with Crippen LogP contribution in [0.25, 0.3) is 10.9 Å². The number of nitrogens with one attached hydrogen (secondary N) is 1. The number of nitrogens with zero attached hydrogens (tertiary/aromatic N) is 1. The molecule has 1 heterocycles. The molecule has 20 heavy (non-hydrogen) atoms. The van der Waals surface area contributed by atoms with Crippen LogP contribution in [-0.4, -0.2) is 11.5 Å². The second-order valence-electron chi connectivity index (χ2n) is 5.62. The van der Waals surface area contributed by atoms with Crippen molar-refractivity contribution < 1.29 is 0 Å². The molecule has 1 fully saturated rings. The molecule has 0 amide bonds. The Hall–Kier alpha value is -1.29. The van der Waals surface area contributed by atoms with Crippen molar-refractivity contribution in [2.45, 2.75) is 32.1 Å². The van der Waals surface area contributed by atoms with Crippen LogP contribution in [0.15, 0.2) is 28.9 Å². The monoisotopic (exact) mass is 333 g/mol. The van der Waals surface area contributed by atoms with Gasteiger partial charge in [-0.3, -0.25) is 4.98 Å². The van der Waals surface area contributed by atoms with Crippen LogP contribution in [0.5, 0.6) is 0 Å². The first kappa shape index (κ1) is 13.7. The average molecular weight is 334 g/mol. The van der Waals surface area contributed by atoms with Crippen LogP contribution in [0, 0.1) is 5.92 Å². The van der Waals surface area contributed by atoms with Gasteiger partial charge in [0, 0.05) is 16.4 Å². The van der Waals surface area contributed by atoms with Crippen LogP contribution >= 0.6 is 15.9 Å². The molecule has 1 aliphatic carbocycles. The molecule has 106 valence electrons. The lowest BCUT2D eigenvalue weighted by molar-refractivity contribution is 0.519. The second kappa shape index (κ2) is 6.00. The highest BCUT2D eigenvalue weighted by molar-refractivity contribution is 9.10. The minimum atomic E-state index is 0.724. The number of fused-ring (bicyclic) bond motifs is 1. The fourth-order valence-corrected chi connectivity index (χ4v) is 3.44. The first-order chi connectivity index (χ1) is 9.74. The van der Waals surface area contributed by atoms with Crippen LogP contribution in [0.3, 0.4) is 0 Å². The third-order valence-electron chi connectivity index (χ3n) is 4.19. The van der Waals surface area contributed by atoms with Crippen molar-refractivity contribution in [1.82, 2.24) is 4.98 Å². The van der Waals surface area contributed by atoms with E-state index in [2.05, 4.69) is 32.3 Å². The van der Waals surface area contributed by atoms with Gasteiger partial charge in [-0.05, 0) is 30.5 Å². The topological polar surface area (TPSA) is 50.9 Å². The van der Waals surface area contributed by atoms with E-state index in [0.717, 1.165) is 39.2 Å². The molecular weight excluding hydrogens is 314 g/mol. The molecule has 0 radical (unpaired) electrons. The molecule has 1 aromatic carbocycles. The highest BCUT2D eigenvalue weighted by Crippen LogP contribution is 2.31. The molecule has 0 bridgehead atoms. The van der Waals surface area contributed by atoms with Gasteiger partial charge in [0.15, 0.2) is 0 Å². The number of nitrogen functional groups attached to an aromatic ring is 1. The van der Waals surface area contributed by atoms with Crippen LogP contribution in [0.4, 0.5) is 11.4 Å². The summed E-state index contributed by atoms with van der Waals surface area (Å²) < 4.78 is 1.05. The van der Waals surface area contributed by atoms with Crippen molar-refractivity contribution in [3.05, 3.63) is 28.9 Å². The van der Waals surface area contributed by atoms with Gasteiger partial charge in [-0.2, -0.15) is 0 Å². The van der Waals surface area contributed by atoms with Crippen molar-refractivity contribution in [1.29, 1.82) is 0 Å². The number of aromatic nitrogens is 1. The fourth-order valence-electron chi connectivity index (χ4n) is 3.08. The molecule has 0 unspecified atom stereocenters. The molecule has 0 saturated heterocycles. The van der Waals surface area contributed by atoms with Crippen molar-refractivity contribution in [3.63, 3.8) is 0 Å². The Morgan fingerprint density at radius 1 is 1.30 bits per heavy atom. The third-order valence-corrected chi connectivity index (χ3v) is 4.68. The lowest BCUT2D eigenvalue weighted by Crippen LogP contribution is -2.09. The second-order valence-corrected chi connectivity index (χ2v) is 6.53. The Balaban J connectivity index is 1.78. The molecule has 3 rings (SSSR count). The van der Waals surface area contributed by atoms with Gasteiger partial charge in [-0.15, -0.1) is 0 Å². The largest absolute Gasteiger partial charge is 0.396 e. The third kappa shape index (κ3) is 2.90. The van der Waals surface area contributed by atoms with E-state index in [0.29, 0.717) is 0 Å². The van der Waals surface area contributed by atoms with Crippen molar-refractivity contribution in [2.24, 2.45) is 5.92 Å². The summed E-state index contributed by atoms with van der Waals surface area (Å²) in [5.41, 5.74) is 8.81. The first-order valence-corrected chi connectivity index (χ1v) is 8.11. The quantitative estimate of drug-likeness (QED) is 0.861. The Bertz CT molecular complexity index is 601. The highest BCUT2D eigenvalue weighted by Gasteiger charge is 2.14. The molecule has 0 aliphatic heterocycles. The van der Waals surface area contributed by atoms with E-state index in [1.807, 2.05) is 12.1 Å². The standard InChI is InChI=1S/C16H20BrN3/c17-12-5-6-15-13(9-12)16(14(18)10-20-15)19-8-7-11-3-1-2-4-11/h5-6,9-11H,1-4,7-8,18H2,(H,19,20). The number of rotatable bonds is 4. The van der Waals surface area contributed by atoms with Crippen molar-refractivity contribution >= 4 is 38.2 Å². The Morgan fingerprint density at radius 2 is 2.10 bits per heavy atom. The van der Waals surface area contributed by atoms with Gasteiger partial charge in [0.1, 0.15) is 0 Å². The van der Waals surface area contributed by atoms with E-state index in [1.165, 1.54) is 32.1 Å².